The van der Waals surface area contributed by atoms with Gasteiger partial charge in [-0.1, -0.05) is 13.0 Å². The molecule has 0 fully saturated rings. The van der Waals surface area contributed by atoms with E-state index in [1.807, 2.05) is 43.3 Å². The summed E-state index contributed by atoms with van der Waals surface area (Å²) in [6, 6.07) is 11.3. The van der Waals surface area contributed by atoms with Gasteiger partial charge in [0.1, 0.15) is 0 Å². The van der Waals surface area contributed by atoms with Gasteiger partial charge in [-0.15, -0.1) is 0 Å². The second kappa shape index (κ2) is 7.25. The first kappa shape index (κ1) is 16.8. The maximum Gasteiger partial charge on any atom is 0.227 e. The SMILES string of the molecule is COc1ccc(CC(C)C(=O)Nc2ccc3nc[nH]c3c2)cc1OC. The third-order valence-corrected chi connectivity index (χ3v) is 4.13. The number of anilines is 1. The van der Waals surface area contributed by atoms with Crippen LogP contribution in [0.1, 0.15) is 12.5 Å². The minimum Gasteiger partial charge on any atom is -0.493 e. The zero-order valence-electron chi connectivity index (χ0n) is 14.5. The smallest absolute Gasteiger partial charge is 0.227 e. The molecule has 0 aliphatic heterocycles. The Labute approximate surface area is 146 Å². The minimum absolute atomic E-state index is 0.0337. The van der Waals surface area contributed by atoms with E-state index in [9.17, 15) is 4.79 Å². The molecule has 3 rings (SSSR count). The van der Waals surface area contributed by atoms with Gasteiger partial charge in [-0.2, -0.15) is 0 Å². The average molecular weight is 339 g/mol. The Hall–Kier alpha value is -3.02. The fourth-order valence-electron chi connectivity index (χ4n) is 2.73. The summed E-state index contributed by atoms with van der Waals surface area (Å²) >= 11 is 0. The fraction of sp³-hybridized carbons (Fsp3) is 0.263. The summed E-state index contributed by atoms with van der Waals surface area (Å²) < 4.78 is 10.6. The van der Waals surface area contributed by atoms with Crippen molar-refractivity contribution in [2.75, 3.05) is 19.5 Å². The number of nitrogens with zero attached hydrogens (tertiary/aromatic N) is 1. The number of imidazole rings is 1. The van der Waals surface area contributed by atoms with Crippen molar-refractivity contribution in [1.82, 2.24) is 9.97 Å². The van der Waals surface area contributed by atoms with Crippen LogP contribution in [0.3, 0.4) is 0 Å². The lowest BCUT2D eigenvalue weighted by Gasteiger charge is -2.14. The predicted molar refractivity (Wildman–Crippen MR) is 97.1 cm³/mol. The van der Waals surface area contributed by atoms with E-state index < -0.39 is 0 Å². The first-order chi connectivity index (χ1) is 12.1. The molecule has 2 aromatic carbocycles. The summed E-state index contributed by atoms with van der Waals surface area (Å²) in [6.07, 6.45) is 2.24. The van der Waals surface area contributed by atoms with Crippen molar-refractivity contribution in [3.8, 4) is 11.5 Å². The largest absolute Gasteiger partial charge is 0.493 e. The van der Waals surface area contributed by atoms with E-state index in [1.165, 1.54) is 0 Å². The number of carbonyl (C=O) groups is 1. The summed E-state index contributed by atoms with van der Waals surface area (Å²) in [5.74, 6) is 1.12. The van der Waals surface area contributed by atoms with E-state index in [0.717, 1.165) is 22.3 Å². The highest BCUT2D eigenvalue weighted by molar-refractivity contribution is 5.94. The summed E-state index contributed by atoms with van der Waals surface area (Å²) in [4.78, 5) is 19.7. The molecule has 1 amide bonds. The lowest BCUT2D eigenvalue weighted by Crippen LogP contribution is -2.22. The number of ether oxygens (including phenoxy) is 2. The highest BCUT2D eigenvalue weighted by Crippen LogP contribution is 2.28. The number of carbonyl (C=O) groups excluding carboxylic acids is 1. The number of aromatic nitrogens is 2. The van der Waals surface area contributed by atoms with E-state index in [2.05, 4.69) is 15.3 Å². The lowest BCUT2D eigenvalue weighted by molar-refractivity contribution is -0.119. The molecule has 6 heteroatoms. The standard InChI is InChI=1S/C19H21N3O3/c1-12(8-13-4-7-17(24-2)18(9-13)25-3)19(23)22-14-5-6-15-16(10-14)21-11-20-15/h4-7,9-12H,8H2,1-3H3,(H,20,21)(H,22,23). The van der Waals surface area contributed by atoms with Crippen LogP contribution in [0.15, 0.2) is 42.7 Å². The maximum atomic E-state index is 12.5. The van der Waals surface area contributed by atoms with Gasteiger partial charge in [0.15, 0.2) is 11.5 Å². The molecule has 6 nitrogen and oxygen atoms in total. The van der Waals surface area contributed by atoms with E-state index in [-0.39, 0.29) is 11.8 Å². The molecular formula is C19H21N3O3. The van der Waals surface area contributed by atoms with Crippen LogP contribution in [0.2, 0.25) is 0 Å². The van der Waals surface area contributed by atoms with Crippen LogP contribution in [-0.2, 0) is 11.2 Å². The van der Waals surface area contributed by atoms with Gasteiger partial charge in [-0.05, 0) is 42.3 Å². The normalized spacial score (nSPS) is 12.0. The molecule has 1 heterocycles. The number of hydrogen-bond acceptors (Lipinski definition) is 4. The van der Waals surface area contributed by atoms with E-state index >= 15 is 0 Å². The summed E-state index contributed by atoms with van der Waals surface area (Å²) in [6.45, 7) is 1.90. The molecule has 1 atom stereocenters. The van der Waals surface area contributed by atoms with Gasteiger partial charge in [0.25, 0.3) is 0 Å². The monoisotopic (exact) mass is 339 g/mol. The zero-order chi connectivity index (χ0) is 17.8. The number of nitrogens with one attached hydrogen (secondary N) is 2. The molecular weight excluding hydrogens is 318 g/mol. The van der Waals surface area contributed by atoms with Crippen molar-refractivity contribution in [2.24, 2.45) is 5.92 Å². The molecule has 0 bridgehead atoms. The molecule has 0 aliphatic rings. The van der Waals surface area contributed by atoms with Gasteiger partial charge >= 0.3 is 0 Å². The molecule has 0 radical (unpaired) electrons. The second-order valence-electron chi connectivity index (χ2n) is 5.92. The van der Waals surface area contributed by atoms with Crippen LogP contribution >= 0.6 is 0 Å². The van der Waals surface area contributed by atoms with Crippen LogP contribution in [0.4, 0.5) is 5.69 Å². The Morgan fingerprint density at radius 1 is 1.16 bits per heavy atom. The molecule has 1 aromatic heterocycles. The van der Waals surface area contributed by atoms with Crippen molar-refractivity contribution in [3.05, 3.63) is 48.3 Å². The van der Waals surface area contributed by atoms with Gasteiger partial charge in [0.2, 0.25) is 5.91 Å². The first-order valence-corrected chi connectivity index (χ1v) is 8.05. The van der Waals surface area contributed by atoms with Crippen molar-refractivity contribution >= 4 is 22.6 Å². The van der Waals surface area contributed by atoms with Gasteiger partial charge in [-0.3, -0.25) is 4.79 Å². The van der Waals surface area contributed by atoms with Gasteiger partial charge in [-0.25, -0.2) is 4.98 Å². The quantitative estimate of drug-likeness (QED) is 0.722. The molecule has 25 heavy (non-hydrogen) atoms. The summed E-state index contributed by atoms with van der Waals surface area (Å²) in [5, 5.41) is 2.95. The Morgan fingerprint density at radius 3 is 2.72 bits per heavy atom. The lowest BCUT2D eigenvalue weighted by atomic mass is 10.00. The van der Waals surface area contributed by atoms with E-state index in [4.69, 9.17) is 9.47 Å². The first-order valence-electron chi connectivity index (χ1n) is 8.05. The van der Waals surface area contributed by atoms with Crippen LogP contribution in [0, 0.1) is 5.92 Å². The third kappa shape index (κ3) is 3.74. The number of benzene rings is 2. The van der Waals surface area contributed by atoms with Crippen LogP contribution in [-0.4, -0.2) is 30.1 Å². The summed E-state index contributed by atoms with van der Waals surface area (Å²) in [5.41, 5.74) is 3.53. The third-order valence-electron chi connectivity index (χ3n) is 4.13. The Kier molecular flexibility index (Phi) is 4.88. The molecule has 0 spiro atoms. The minimum atomic E-state index is -0.185. The van der Waals surface area contributed by atoms with Crippen LogP contribution in [0.5, 0.6) is 11.5 Å². The molecule has 3 aromatic rings. The number of fused-ring (bicyclic) bond motifs is 1. The number of H-pyrrole nitrogens is 1. The van der Waals surface area contributed by atoms with Crippen LogP contribution in [0.25, 0.3) is 11.0 Å². The van der Waals surface area contributed by atoms with Crippen LogP contribution < -0.4 is 14.8 Å². The van der Waals surface area contributed by atoms with Gasteiger partial charge in [0.05, 0.1) is 31.6 Å². The molecule has 2 N–H and O–H groups in total. The maximum absolute atomic E-state index is 12.5. The number of methoxy groups -OCH3 is 2. The number of rotatable bonds is 6. The Morgan fingerprint density at radius 2 is 1.96 bits per heavy atom. The van der Waals surface area contributed by atoms with Gasteiger partial charge in [0, 0.05) is 11.6 Å². The summed E-state index contributed by atoms with van der Waals surface area (Å²) in [7, 11) is 3.20. The highest BCUT2D eigenvalue weighted by Gasteiger charge is 2.15. The molecule has 130 valence electrons. The molecule has 0 saturated heterocycles. The molecule has 0 saturated carbocycles. The Balaban J connectivity index is 1.67. The Bertz CT molecular complexity index is 889. The number of aromatic amines is 1. The predicted octanol–water partition coefficient (Wildman–Crippen LogP) is 3.40. The second-order valence-corrected chi connectivity index (χ2v) is 5.92. The van der Waals surface area contributed by atoms with Crippen molar-refractivity contribution in [1.29, 1.82) is 0 Å². The molecule has 0 aliphatic carbocycles. The van der Waals surface area contributed by atoms with E-state index in [1.54, 1.807) is 20.5 Å². The van der Waals surface area contributed by atoms with Crippen molar-refractivity contribution < 1.29 is 14.3 Å². The topological polar surface area (TPSA) is 76.2 Å². The molecule has 1 unspecified atom stereocenters. The number of hydrogen-bond donors (Lipinski definition) is 2. The number of amides is 1. The highest BCUT2D eigenvalue weighted by atomic mass is 16.5. The zero-order valence-corrected chi connectivity index (χ0v) is 14.5. The van der Waals surface area contributed by atoms with Crippen molar-refractivity contribution in [3.63, 3.8) is 0 Å². The fourth-order valence-corrected chi connectivity index (χ4v) is 2.73. The van der Waals surface area contributed by atoms with Gasteiger partial charge < -0.3 is 19.8 Å². The van der Waals surface area contributed by atoms with E-state index in [0.29, 0.717) is 17.9 Å². The average Bonchev–Trinajstić information content (AvgIpc) is 3.09. The van der Waals surface area contributed by atoms with Crippen molar-refractivity contribution in [2.45, 2.75) is 13.3 Å².